The van der Waals surface area contributed by atoms with Gasteiger partial charge < -0.3 is 29.6 Å². The zero-order valence-electron chi connectivity index (χ0n) is 31.2. The van der Waals surface area contributed by atoms with Gasteiger partial charge in [0.15, 0.2) is 0 Å². The Morgan fingerprint density at radius 2 is 0.717 bits per heavy atom. The van der Waals surface area contributed by atoms with E-state index in [-0.39, 0.29) is 22.9 Å². The Morgan fingerprint density at radius 3 is 1.12 bits per heavy atom. The molecule has 7 rings (SSSR count). The minimum atomic E-state index is -4.56. The van der Waals surface area contributed by atoms with Crippen LogP contribution in [0.4, 0.5) is 32.3 Å². The number of hydrogen-bond donors (Lipinski definition) is 4. The van der Waals surface area contributed by atoms with Crippen LogP contribution in [-0.4, -0.2) is 28.9 Å². The van der Waals surface area contributed by atoms with E-state index in [1.54, 1.807) is 59.9 Å². The van der Waals surface area contributed by atoms with Crippen LogP contribution in [0.3, 0.4) is 0 Å². The van der Waals surface area contributed by atoms with Crippen LogP contribution in [0.1, 0.15) is 0 Å². The van der Waals surface area contributed by atoms with E-state index in [0.717, 1.165) is 25.6 Å². The molecule has 7 aromatic rings. The summed E-state index contributed by atoms with van der Waals surface area (Å²) in [4.78, 5) is 28.7. The van der Waals surface area contributed by atoms with Crippen molar-refractivity contribution in [2.75, 3.05) is 21.3 Å². The minimum absolute atomic E-state index is 0.132. The molecule has 60 heavy (non-hydrogen) atoms. The maximum Gasteiger partial charge on any atom is 0.339 e. The molecule has 0 unspecified atom stereocenters. The molecule has 0 aromatic heterocycles. The first kappa shape index (κ1) is 41.4. The van der Waals surface area contributed by atoms with Crippen molar-refractivity contribution in [3.63, 3.8) is 0 Å². The Labute approximate surface area is 355 Å². The van der Waals surface area contributed by atoms with Gasteiger partial charge in [-0.3, -0.25) is 0 Å². The molecule has 16 heteroatoms. The number of carbonyl (C=O) groups excluding carboxylic acids is 2. The third kappa shape index (κ3) is 11.7. The zero-order chi connectivity index (χ0) is 42.0. The van der Waals surface area contributed by atoms with Crippen molar-refractivity contribution in [1.82, 2.24) is 0 Å². The predicted molar refractivity (Wildman–Crippen MR) is 234 cm³/mol. The summed E-state index contributed by atoms with van der Waals surface area (Å²) >= 11 is 3.17. The predicted octanol–water partition coefficient (Wildman–Crippen LogP) is 10.8. The fraction of sp³-hybridized carbons (Fsp3) is 0. The average Bonchev–Trinajstić information content (AvgIpc) is 3.23. The first-order chi connectivity index (χ1) is 29.0. The van der Waals surface area contributed by atoms with Gasteiger partial charge in [-0.15, -0.1) is 0 Å². The highest BCUT2D eigenvalue weighted by molar-refractivity contribution is 7.99. The summed E-state index contributed by atoms with van der Waals surface area (Å²) in [6, 6.07) is 49.1. The molecule has 12 nitrogen and oxygen atoms in total. The number of rotatable bonds is 14. The van der Waals surface area contributed by atoms with E-state index >= 15 is 0 Å². The number of carbonyl (C=O) groups is 2. The van der Waals surface area contributed by atoms with Crippen molar-refractivity contribution in [3.05, 3.63) is 182 Å². The highest BCUT2D eigenvalue weighted by atomic mass is 32.2. The van der Waals surface area contributed by atoms with Crippen molar-refractivity contribution < 1.29 is 34.8 Å². The molecule has 0 aliphatic carbocycles. The molecule has 4 amide bonds. The Hall–Kier alpha value is -6.72. The van der Waals surface area contributed by atoms with E-state index in [2.05, 4.69) is 21.3 Å². The van der Waals surface area contributed by atoms with Crippen LogP contribution in [0.5, 0.6) is 11.5 Å². The van der Waals surface area contributed by atoms with E-state index in [4.69, 9.17) is 8.37 Å². The normalized spacial score (nSPS) is 11.2. The Morgan fingerprint density at radius 1 is 0.367 bits per heavy atom. The molecule has 0 saturated heterocycles. The van der Waals surface area contributed by atoms with Crippen molar-refractivity contribution in [2.45, 2.75) is 29.4 Å². The summed E-state index contributed by atoms with van der Waals surface area (Å²) in [5.41, 5.74) is 1.56. The third-order valence-corrected chi connectivity index (χ3v) is 12.7. The number of hydrogen-bond acceptors (Lipinski definition) is 10. The van der Waals surface area contributed by atoms with E-state index in [1.807, 2.05) is 84.9 Å². The molecule has 4 N–H and O–H groups in total. The van der Waals surface area contributed by atoms with Gasteiger partial charge in [-0.1, -0.05) is 78.1 Å². The second-order valence-electron chi connectivity index (χ2n) is 12.6. The maximum absolute atomic E-state index is 13.3. The molecule has 7 aromatic carbocycles. The number of anilines is 4. The quantitative estimate of drug-likeness (QED) is 0.0772. The lowest BCUT2D eigenvalue weighted by Gasteiger charge is -2.12. The van der Waals surface area contributed by atoms with Gasteiger partial charge in [-0.25, -0.2) is 9.59 Å². The molecule has 0 heterocycles. The topological polar surface area (TPSA) is 169 Å². The lowest BCUT2D eigenvalue weighted by molar-refractivity contribution is 0.261. The van der Waals surface area contributed by atoms with Gasteiger partial charge in [0.05, 0.1) is 0 Å². The van der Waals surface area contributed by atoms with Gasteiger partial charge >= 0.3 is 32.3 Å². The molecular formula is C44H34N4O8S4. The van der Waals surface area contributed by atoms with Gasteiger partial charge in [0.25, 0.3) is 0 Å². The van der Waals surface area contributed by atoms with Crippen LogP contribution >= 0.6 is 23.5 Å². The summed E-state index contributed by atoms with van der Waals surface area (Å²) in [5, 5.41) is 10.7. The minimum Gasteiger partial charge on any atom is -0.379 e. The first-order valence-electron chi connectivity index (χ1n) is 18.0. The van der Waals surface area contributed by atoms with E-state index in [1.165, 1.54) is 54.6 Å². The van der Waals surface area contributed by atoms with Crippen LogP contribution in [0.25, 0.3) is 0 Å². The summed E-state index contributed by atoms with van der Waals surface area (Å²) in [6.45, 7) is 0. The van der Waals surface area contributed by atoms with Gasteiger partial charge in [0.2, 0.25) is 0 Å². The van der Waals surface area contributed by atoms with E-state index in [9.17, 15) is 26.4 Å². The van der Waals surface area contributed by atoms with Gasteiger partial charge in [-0.2, -0.15) is 16.8 Å². The standard InChI is InChI=1S/C44H34N4O8S4/c49-43(45-31-20-24-39(25-21-31)57-37-14-3-1-4-15-37)47-33-10-7-12-35(28-33)55-59(51,52)41-18-9-19-42(30-41)60(53,54)56-36-13-8-11-34(29-36)48-44(50)46-32-22-26-40(27-23-32)58-38-16-5-2-6-17-38/h1-30H,(H2,45,47,49)(H2,46,48,50). The van der Waals surface area contributed by atoms with Crippen LogP contribution in [0.15, 0.2) is 211 Å². The van der Waals surface area contributed by atoms with Crippen LogP contribution in [0.2, 0.25) is 0 Å². The summed E-state index contributed by atoms with van der Waals surface area (Å²) in [6.07, 6.45) is 0. The molecular weight excluding hydrogens is 841 g/mol. The van der Waals surface area contributed by atoms with Gasteiger partial charge in [0.1, 0.15) is 21.3 Å². The van der Waals surface area contributed by atoms with Gasteiger partial charge in [0, 0.05) is 54.5 Å². The molecule has 0 aliphatic heterocycles. The number of benzene rings is 7. The second-order valence-corrected chi connectivity index (χ2v) is 18.0. The largest absolute Gasteiger partial charge is 0.379 e. The smallest absolute Gasteiger partial charge is 0.339 e. The zero-order valence-corrected chi connectivity index (χ0v) is 34.5. The monoisotopic (exact) mass is 874 g/mol. The fourth-order valence-corrected chi connectivity index (χ4v) is 9.12. The molecule has 0 spiro atoms. The number of amides is 4. The van der Waals surface area contributed by atoms with Crippen LogP contribution < -0.4 is 29.6 Å². The maximum atomic E-state index is 13.3. The second kappa shape index (κ2) is 18.9. The highest BCUT2D eigenvalue weighted by Gasteiger charge is 2.23. The van der Waals surface area contributed by atoms with E-state index in [0.29, 0.717) is 11.4 Å². The van der Waals surface area contributed by atoms with E-state index < -0.39 is 42.1 Å². The summed E-state index contributed by atoms with van der Waals surface area (Å²) < 4.78 is 63.9. The molecule has 0 fully saturated rings. The SMILES string of the molecule is O=C(Nc1ccc(Sc2ccccc2)cc1)Nc1cccc(OS(=O)(=O)c2cccc(S(=O)(=O)Oc3cccc(NC(=O)Nc4ccc(Sc5ccccc5)cc4)c3)c2)c1. The average molecular weight is 875 g/mol. The lowest BCUT2D eigenvalue weighted by atomic mass is 10.3. The summed E-state index contributed by atoms with van der Waals surface area (Å²) in [7, 11) is -9.12. The Kier molecular flexibility index (Phi) is 13.1. The molecule has 0 aliphatic rings. The third-order valence-electron chi connectivity index (χ3n) is 8.16. The van der Waals surface area contributed by atoms with Crippen molar-refractivity contribution >= 4 is 78.6 Å². The van der Waals surface area contributed by atoms with Crippen molar-refractivity contribution in [1.29, 1.82) is 0 Å². The van der Waals surface area contributed by atoms with Crippen molar-refractivity contribution in [2.24, 2.45) is 0 Å². The van der Waals surface area contributed by atoms with Crippen LogP contribution in [-0.2, 0) is 20.2 Å². The molecule has 0 atom stereocenters. The Bertz CT molecular complexity index is 2640. The Balaban J connectivity index is 0.932. The molecule has 302 valence electrons. The molecule has 0 bridgehead atoms. The van der Waals surface area contributed by atoms with Gasteiger partial charge in [-0.05, 0) is 115 Å². The number of nitrogens with one attached hydrogen (secondary N) is 4. The lowest BCUT2D eigenvalue weighted by Crippen LogP contribution is -2.19. The molecule has 0 saturated carbocycles. The fourth-order valence-electron chi connectivity index (χ4n) is 5.43. The highest BCUT2D eigenvalue weighted by Crippen LogP contribution is 2.30. The first-order valence-corrected chi connectivity index (χ1v) is 22.4. The molecule has 0 radical (unpaired) electrons. The summed E-state index contributed by atoms with van der Waals surface area (Å²) in [5.74, 6) is -0.265. The van der Waals surface area contributed by atoms with Crippen LogP contribution in [0, 0.1) is 0 Å². The van der Waals surface area contributed by atoms with Crippen molar-refractivity contribution in [3.8, 4) is 11.5 Å². The number of urea groups is 2.